The summed E-state index contributed by atoms with van der Waals surface area (Å²) in [7, 11) is 0. The van der Waals surface area contributed by atoms with Crippen LogP contribution in [0.3, 0.4) is 0 Å². The van der Waals surface area contributed by atoms with Crippen LogP contribution in [0.5, 0.6) is 0 Å². The van der Waals surface area contributed by atoms with E-state index in [9.17, 15) is 9.59 Å². The van der Waals surface area contributed by atoms with E-state index in [1.54, 1.807) is 4.57 Å². The monoisotopic (exact) mass is 443 g/mol. The number of carbonyl (C=O) groups excluding carboxylic acids is 1. The molecule has 3 heterocycles. The maximum absolute atomic E-state index is 13.6. The minimum atomic E-state index is -0.428. The van der Waals surface area contributed by atoms with Crippen LogP contribution in [0.25, 0.3) is 10.2 Å². The molecule has 1 atom stereocenters. The molecule has 30 heavy (non-hydrogen) atoms. The van der Waals surface area contributed by atoms with Crippen LogP contribution in [-0.4, -0.2) is 27.3 Å². The van der Waals surface area contributed by atoms with E-state index >= 15 is 0 Å². The molecule has 3 aromatic rings. The van der Waals surface area contributed by atoms with Crippen molar-refractivity contribution in [2.45, 2.75) is 51.1 Å². The van der Waals surface area contributed by atoms with Gasteiger partial charge in [0, 0.05) is 17.8 Å². The molecule has 1 unspecified atom stereocenters. The van der Waals surface area contributed by atoms with Gasteiger partial charge in [-0.15, -0.1) is 11.3 Å². The van der Waals surface area contributed by atoms with Gasteiger partial charge in [-0.05, 0) is 23.5 Å². The lowest BCUT2D eigenvalue weighted by Gasteiger charge is -2.26. The lowest BCUT2D eigenvalue weighted by Crippen LogP contribution is -2.29. The predicted octanol–water partition coefficient (Wildman–Crippen LogP) is 3.38. The Bertz CT molecular complexity index is 1120. The van der Waals surface area contributed by atoms with Crippen molar-refractivity contribution in [3.63, 3.8) is 0 Å². The first-order valence-corrected chi connectivity index (χ1v) is 11.9. The number of hydrogen-bond acceptors (Lipinski definition) is 6. The van der Waals surface area contributed by atoms with Gasteiger partial charge < -0.3 is 10.5 Å². The first-order chi connectivity index (χ1) is 14.4. The van der Waals surface area contributed by atoms with Gasteiger partial charge in [-0.25, -0.2) is 4.98 Å². The van der Waals surface area contributed by atoms with E-state index < -0.39 is 5.91 Å². The zero-order valence-corrected chi connectivity index (χ0v) is 18.7. The number of ether oxygens (including phenoxy) is 1. The van der Waals surface area contributed by atoms with Crippen LogP contribution in [-0.2, 0) is 35.5 Å². The molecule has 1 aliphatic rings. The summed E-state index contributed by atoms with van der Waals surface area (Å²) in [4.78, 5) is 31.5. The molecule has 4 rings (SSSR count). The Morgan fingerprint density at radius 1 is 1.37 bits per heavy atom. The maximum atomic E-state index is 13.6. The van der Waals surface area contributed by atoms with Crippen molar-refractivity contribution < 1.29 is 9.53 Å². The van der Waals surface area contributed by atoms with E-state index in [4.69, 9.17) is 15.5 Å². The average molecular weight is 444 g/mol. The zero-order valence-electron chi connectivity index (χ0n) is 17.1. The minimum Gasteiger partial charge on any atom is -0.372 e. The molecule has 0 spiro atoms. The van der Waals surface area contributed by atoms with Crippen molar-refractivity contribution >= 4 is 39.2 Å². The summed E-state index contributed by atoms with van der Waals surface area (Å²) in [5.74, 6) is 0.0433. The van der Waals surface area contributed by atoms with Gasteiger partial charge in [0.15, 0.2) is 5.16 Å². The molecule has 1 amide bonds. The number of amides is 1. The number of thiophene rings is 1. The van der Waals surface area contributed by atoms with Crippen molar-refractivity contribution in [2.24, 2.45) is 11.7 Å². The number of primary amides is 1. The van der Waals surface area contributed by atoms with Crippen molar-refractivity contribution in [3.05, 3.63) is 56.7 Å². The van der Waals surface area contributed by atoms with Gasteiger partial charge in [0.1, 0.15) is 4.83 Å². The Morgan fingerprint density at radius 3 is 2.83 bits per heavy atom. The lowest BCUT2D eigenvalue weighted by molar-refractivity contribution is -0.115. The van der Waals surface area contributed by atoms with Gasteiger partial charge >= 0.3 is 0 Å². The summed E-state index contributed by atoms with van der Waals surface area (Å²) in [6.07, 6.45) is 1.55. The second-order valence-electron chi connectivity index (χ2n) is 7.82. The number of hydrogen-bond donors (Lipinski definition) is 1. The van der Waals surface area contributed by atoms with Gasteiger partial charge in [0.25, 0.3) is 5.56 Å². The van der Waals surface area contributed by atoms with Crippen LogP contribution in [0.15, 0.2) is 40.3 Å². The van der Waals surface area contributed by atoms with Crippen LogP contribution < -0.4 is 11.3 Å². The highest BCUT2D eigenvalue weighted by Crippen LogP contribution is 2.35. The van der Waals surface area contributed by atoms with Gasteiger partial charge in [0.2, 0.25) is 5.91 Å². The number of aromatic nitrogens is 2. The molecule has 2 N–H and O–H groups in total. The molecule has 0 fully saturated rings. The van der Waals surface area contributed by atoms with E-state index in [-0.39, 0.29) is 17.4 Å². The summed E-state index contributed by atoms with van der Waals surface area (Å²) in [6, 6.07) is 10.0. The zero-order chi connectivity index (χ0) is 21.3. The van der Waals surface area contributed by atoms with Crippen molar-refractivity contribution in [3.8, 4) is 0 Å². The number of thioether (sulfide) groups is 1. The Morgan fingerprint density at radius 2 is 2.13 bits per heavy atom. The van der Waals surface area contributed by atoms with E-state index in [1.165, 1.54) is 23.1 Å². The van der Waals surface area contributed by atoms with Crippen LogP contribution in [0, 0.1) is 5.92 Å². The van der Waals surface area contributed by atoms with Crippen molar-refractivity contribution in [2.75, 3.05) is 5.75 Å². The summed E-state index contributed by atoms with van der Waals surface area (Å²) in [5.41, 5.74) is 7.53. The van der Waals surface area contributed by atoms with Gasteiger partial charge in [-0.1, -0.05) is 55.9 Å². The fourth-order valence-corrected chi connectivity index (χ4v) is 5.63. The van der Waals surface area contributed by atoms with Crippen molar-refractivity contribution in [1.82, 2.24) is 9.55 Å². The molecule has 0 saturated carbocycles. The topological polar surface area (TPSA) is 87.2 Å². The predicted molar refractivity (Wildman–Crippen MR) is 121 cm³/mol. The molecule has 8 heteroatoms. The first-order valence-electron chi connectivity index (χ1n) is 10.1. The highest BCUT2D eigenvalue weighted by Gasteiger charge is 2.28. The third-order valence-corrected chi connectivity index (χ3v) is 7.45. The largest absolute Gasteiger partial charge is 0.372 e. The number of nitrogens with two attached hydrogens (primary N) is 1. The Labute approximate surface area is 183 Å². The molecule has 0 saturated heterocycles. The second-order valence-corrected chi connectivity index (χ2v) is 9.85. The van der Waals surface area contributed by atoms with Crippen molar-refractivity contribution in [1.29, 1.82) is 0 Å². The molecular formula is C22H25N3O3S2. The molecule has 0 aliphatic carbocycles. The Kier molecular flexibility index (Phi) is 6.26. The van der Waals surface area contributed by atoms with Crippen LogP contribution in [0.2, 0.25) is 0 Å². The fraction of sp³-hybridized carbons (Fsp3) is 0.409. The molecule has 2 aromatic heterocycles. The number of benzene rings is 1. The SMILES string of the molecule is CC(C)C1Cc2c(sc3nc(SCC(N)=O)n(CCc4ccccc4)c(=O)c23)CO1. The van der Waals surface area contributed by atoms with E-state index in [0.717, 1.165) is 27.3 Å². The maximum Gasteiger partial charge on any atom is 0.263 e. The number of aryl methyl sites for hydroxylation is 1. The number of carbonyl (C=O) groups is 1. The normalized spacial score (nSPS) is 16.2. The highest BCUT2D eigenvalue weighted by atomic mass is 32.2. The van der Waals surface area contributed by atoms with Gasteiger partial charge in [-0.2, -0.15) is 0 Å². The number of nitrogens with zero attached hydrogens (tertiary/aromatic N) is 2. The molecule has 0 radical (unpaired) electrons. The summed E-state index contributed by atoms with van der Waals surface area (Å²) in [5, 5.41) is 1.25. The molecule has 6 nitrogen and oxygen atoms in total. The highest BCUT2D eigenvalue weighted by molar-refractivity contribution is 7.99. The second kappa shape index (κ2) is 8.91. The Balaban J connectivity index is 1.77. The summed E-state index contributed by atoms with van der Waals surface area (Å²) in [6.45, 7) is 5.30. The smallest absolute Gasteiger partial charge is 0.263 e. The van der Waals surface area contributed by atoms with E-state index in [0.29, 0.717) is 36.0 Å². The number of rotatable bonds is 7. The van der Waals surface area contributed by atoms with Gasteiger partial charge in [0.05, 0.1) is 23.8 Å². The Hall–Kier alpha value is -2.16. The minimum absolute atomic E-state index is 0.0372. The first kappa shape index (κ1) is 21.1. The van der Waals surface area contributed by atoms with Crippen LogP contribution >= 0.6 is 23.1 Å². The van der Waals surface area contributed by atoms with E-state index in [2.05, 4.69) is 13.8 Å². The lowest BCUT2D eigenvalue weighted by atomic mass is 9.96. The quantitative estimate of drug-likeness (QED) is 0.447. The van der Waals surface area contributed by atoms with Crippen LogP contribution in [0.4, 0.5) is 0 Å². The standard InChI is InChI=1S/C22H25N3O3S2/c1-13(2)16-10-15-17(11-28-16)30-20-19(15)21(27)25(22(24-20)29-12-18(23)26)9-8-14-6-4-3-5-7-14/h3-7,13,16H,8-12H2,1-2H3,(H2,23,26). The molecule has 0 bridgehead atoms. The number of fused-ring (bicyclic) bond motifs is 3. The summed E-state index contributed by atoms with van der Waals surface area (Å²) < 4.78 is 7.69. The van der Waals surface area contributed by atoms with Gasteiger partial charge in [-0.3, -0.25) is 14.2 Å². The molecule has 1 aliphatic heterocycles. The summed E-state index contributed by atoms with van der Waals surface area (Å²) >= 11 is 2.74. The molecule has 1 aromatic carbocycles. The van der Waals surface area contributed by atoms with Crippen LogP contribution in [0.1, 0.15) is 29.9 Å². The fourth-order valence-electron chi connectivity index (χ4n) is 3.70. The molecular weight excluding hydrogens is 418 g/mol. The molecule has 158 valence electrons. The third-order valence-electron chi connectivity index (χ3n) is 5.35. The van der Waals surface area contributed by atoms with E-state index in [1.807, 2.05) is 30.3 Å². The third kappa shape index (κ3) is 4.31. The average Bonchev–Trinajstić information content (AvgIpc) is 3.10.